The molecule has 4 rings (SSSR count). The number of amides is 1. The third-order valence-corrected chi connectivity index (χ3v) is 5.88. The smallest absolute Gasteiger partial charge is 0.304 e. The number of hydrogen-bond donors (Lipinski definition) is 2. The SMILES string of the molecule is CCNCCC(=O)N1[C@@H](c2ccc(Cl)cc2)c2[nH]c3ccccc3c2C[C@@H]1OC(C)=O. The largest absolute Gasteiger partial charge is 0.441 e. The van der Waals surface area contributed by atoms with Crippen molar-refractivity contribution in [1.29, 1.82) is 0 Å². The van der Waals surface area contributed by atoms with Crippen molar-refractivity contribution < 1.29 is 14.3 Å². The van der Waals surface area contributed by atoms with E-state index in [0.29, 0.717) is 24.4 Å². The van der Waals surface area contributed by atoms with E-state index in [-0.39, 0.29) is 5.91 Å². The van der Waals surface area contributed by atoms with E-state index < -0.39 is 18.2 Å². The fourth-order valence-corrected chi connectivity index (χ4v) is 4.45. The molecule has 3 aromatic rings. The van der Waals surface area contributed by atoms with Gasteiger partial charge >= 0.3 is 5.97 Å². The highest BCUT2D eigenvalue weighted by Crippen LogP contribution is 2.41. The van der Waals surface area contributed by atoms with Crippen LogP contribution in [0.25, 0.3) is 10.9 Å². The molecule has 2 N–H and O–H groups in total. The summed E-state index contributed by atoms with van der Waals surface area (Å²) in [5, 5.41) is 4.90. The Morgan fingerprint density at radius 3 is 2.65 bits per heavy atom. The molecule has 1 aromatic heterocycles. The lowest BCUT2D eigenvalue weighted by Crippen LogP contribution is -2.50. The quantitative estimate of drug-likeness (QED) is 0.446. The molecule has 162 valence electrons. The zero-order chi connectivity index (χ0) is 22.0. The summed E-state index contributed by atoms with van der Waals surface area (Å²) >= 11 is 6.13. The molecule has 2 atom stereocenters. The molecule has 1 amide bonds. The first-order valence-corrected chi connectivity index (χ1v) is 10.9. The number of carbonyl (C=O) groups is 2. The molecular formula is C24H26ClN3O3. The van der Waals surface area contributed by atoms with Gasteiger partial charge in [-0.3, -0.25) is 14.5 Å². The van der Waals surface area contributed by atoms with Gasteiger partial charge in [0, 0.05) is 47.9 Å². The molecule has 7 heteroatoms. The second-order valence-corrected chi connectivity index (χ2v) is 8.13. The predicted molar refractivity (Wildman–Crippen MR) is 121 cm³/mol. The number of esters is 1. The van der Waals surface area contributed by atoms with Gasteiger partial charge in [-0.1, -0.05) is 48.9 Å². The molecule has 2 heterocycles. The molecule has 6 nitrogen and oxygen atoms in total. The molecule has 31 heavy (non-hydrogen) atoms. The van der Waals surface area contributed by atoms with Crippen LogP contribution in [0.2, 0.25) is 5.02 Å². The van der Waals surface area contributed by atoms with Crippen LogP contribution >= 0.6 is 11.6 Å². The van der Waals surface area contributed by atoms with Crippen LogP contribution in [0.5, 0.6) is 0 Å². The minimum Gasteiger partial charge on any atom is -0.441 e. The topological polar surface area (TPSA) is 74.4 Å². The molecular weight excluding hydrogens is 414 g/mol. The Kier molecular flexibility index (Phi) is 6.30. The lowest BCUT2D eigenvalue weighted by Gasteiger charge is -2.41. The van der Waals surface area contributed by atoms with Crippen molar-refractivity contribution in [2.75, 3.05) is 13.1 Å². The maximum absolute atomic E-state index is 13.4. The number of aromatic amines is 1. The second-order valence-electron chi connectivity index (χ2n) is 7.69. The van der Waals surface area contributed by atoms with Gasteiger partial charge in [-0.05, 0) is 35.9 Å². The van der Waals surface area contributed by atoms with E-state index in [1.54, 1.807) is 4.90 Å². The van der Waals surface area contributed by atoms with E-state index in [2.05, 4.69) is 16.4 Å². The molecule has 1 aliphatic rings. The van der Waals surface area contributed by atoms with Crippen LogP contribution in [0.4, 0.5) is 0 Å². The third kappa shape index (κ3) is 4.31. The number of nitrogens with zero attached hydrogens (tertiary/aromatic N) is 1. The van der Waals surface area contributed by atoms with E-state index in [1.165, 1.54) is 6.92 Å². The van der Waals surface area contributed by atoms with Gasteiger partial charge in [0.05, 0.1) is 0 Å². The lowest BCUT2D eigenvalue weighted by atomic mass is 9.91. The number of rotatable bonds is 6. The number of aromatic nitrogens is 1. The standard InChI is InChI=1S/C24H26ClN3O3/c1-3-26-13-12-21(30)28-22(31-15(2)29)14-19-18-6-4-5-7-20(18)27-23(19)24(28)16-8-10-17(25)11-9-16/h4-11,22,24,26-27H,3,12-14H2,1-2H3/t22-,24-/m0/s1. The van der Waals surface area contributed by atoms with Gasteiger partial charge in [0.1, 0.15) is 6.04 Å². The summed E-state index contributed by atoms with van der Waals surface area (Å²) in [6.07, 6.45) is 0.0697. The van der Waals surface area contributed by atoms with Crippen molar-refractivity contribution in [2.45, 2.75) is 39.0 Å². The van der Waals surface area contributed by atoms with Gasteiger partial charge in [0.2, 0.25) is 5.91 Å². The van der Waals surface area contributed by atoms with Crippen LogP contribution in [-0.2, 0) is 20.7 Å². The highest BCUT2D eigenvalue weighted by atomic mass is 35.5. The Morgan fingerprint density at radius 1 is 1.19 bits per heavy atom. The zero-order valence-electron chi connectivity index (χ0n) is 17.7. The summed E-state index contributed by atoms with van der Waals surface area (Å²) in [7, 11) is 0. The molecule has 0 saturated heterocycles. The van der Waals surface area contributed by atoms with Crippen molar-refractivity contribution in [1.82, 2.24) is 15.2 Å². The summed E-state index contributed by atoms with van der Waals surface area (Å²) in [6.45, 7) is 4.72. The van der Waals surface area contributed by atoms with Crippen molar-refractivity contribution in [3.05, 3.63) is 70.4 Å². The van der Waals surface area contributed by atoms with Crippen LogP contribution < -0.4 is 5.32 Å². The Labute approximate surface area is 186 Å². The summed E-state index contributed by atoms with van der Waals surface area (Å²) in [4.78, 5) is 30.6. The number of hydrogen-bond acceptors (Lipinski definition) is 4. The minimum absolute atomic E-state index is 0.0727. The van der Waals surface area contributed by atoms with E-state index in [9.17, 15) is 9.59 Å². The van der Waals surface area contributed by atoms with Crippen LogP contribution in [-0.4, -0.2) is 41.1 Å². The maximum atomic E-state index is 13.4. The predicted octanol–water partition coefficient (Wildman–Crippen LogP) is 4.18. The summed E-state index contributed by atoms with van der Waals surface area (Å²) in [5.74, 6) is -0.482. The number of benzene rings is 2. The van der Waals surface area contributed by atoms with Crippen LogP contribution in [0.3, 0.4) is 0 Å². The van der Waals surface area contributed by atoms with Crippen molar-refractivity contribution in [2.24, 2.45) is 0 Å². The fraction of sp³-hybridized carbons (Fsp3) is 0.333. The van der Waals surface area contributed by atoms with Crippen LogP contribution in [0.15, 0.2) is 48.5 Å². The normalized spacial score (nSPS) is 18.1. The molecule has 2 aromatic carbocycles. The van der Waals surface area contributed by atoms with Gasteiger partial charge in [-0.25, -0.2) is 0 Å². The Hall–Kier alpha value is -2.83. The van der Waals surface area contributed by atoms with Gasteiger partial charge in [-0.2, -0.15) is 0 Å². The minimum atomic E-state index is -0.681. The second kappa shape index (κ2) is 9.12. The molecule has 0 fully saturated rings. The Morgan fingerprint density at radius 2 is 1.94 bits per heavy atom. The van der Waals surface area contributed by atoms with Crippen molar-refractivity contribution in [3.63, 3.8) is 0 Å². The molecule has 0 unspecified atom stereocenters. The molecule has 0 radical (unpaired) electrons. The Bertz CT molecular complexity index is 1090. The highest BCUT2D eigenvalue weighted by Gasteiger charge is 2.41. The summed E-state index contributed by atoms with van der Waals surface area (Å²) in [5.41, 5.74) is 3.92. The fourth-order valence-electron chi connectivity index (χ4n) is 4.32. The molecule has 1 aliphatic heterocycles. The lowest BCUT2D eigenvalue weighted by molar-refractivity contribution is -0.167. The number of halogens is 1. The number of carbonyl (C=O) groups excluding carboxylic acids is 2. The zero-order valence-corrected chi connectivity index (χ0v) is 18.4. The molecule has 0 saturated carbocycles. The van der Waals surface area contributed by atoms with Gasteiger partial charge in [-0.15, -0.1) is 0 Å². The first-order chi connectivity index (χ1) is 15.0. The number of para-hydroxylation sites is 1. The molecule has 0 bridgehead atoms. The first kappa shape index (κ1) is 21.4. The van der Waals surface area contributed by atoms with Crippen LogP contribution in [0.1, 0.15) is 43.1 Å². The number of ether oxygens (including phenoxy) is 1. The number of H-pyrrole nitrogens is 1. The van der Waals surface area contributed by atoms with E-state index >= 15 is 0 Å². The van der Waals surface area contributed by atoms with Gasteiger partial charge in [0.25, 0.3) is 0 Å². The van der Waals surface area contributed by atoms with E-state index in [4.69, 9.17) is 16.3 Å². The van der Waals surface area contributed by atoms with Crippen molar-refractivity contribution >= 4 is 34.4 Å². The average molecular weight is 440 g/mol. The summed E-state index contributed by atoms with van der Waals surface area (Å²) < 4.78 is 5.69. The Balaban J connectivity index is 1.86. The third-order valence-electron chi connectivity index (χ3n) is 5.63. The maximum Gasteiger partial charge on any atom is 0.304 e. The van der Waals surface area contributed by atoms with Crippen molar-refractivity contribution in [3.8, 4) is 0 Å². The van der Waals surface area contributed by atoms with Crippen LogP contribution in [0, 0.1) is 0 Å². The van der Waals surface area contributed by atoms with Gasteiger partial charge in [0.15, 0.2) is 6.23 Å². The van der Waals surface area contributed by atoms with E-state index in [0.717, 1.165) is 34.3 Å². The number of fused-ring (bicyclic) bond motifs is 3. The van der Waals surface area contributed by atoms with E-state index in [1.807, 2.05) is 49.4 Å². The average Bonchev–Trinajstić information content (AvgIpc) is 3.11. The first-order valence-electron chi connectivity index (χ1n) is 10.5. The monoisotopic (exact) mass is 439 g/mol. The number of nitrogens with one attached hydrogen (secondary N) is 2. The molecule has 0 spiro atoms. The summed E-state index contributed by atoms with van der Waals surface area (Å²) in [6, 6.07) is 15.1. The molecule has 0 aliphatic carbocycles. The highest BCUT2D eigenvalue weighted by molar-refractivity contribution is 6.30. The van der Waals surface area contributed by atoms with Gasteiger partial charge < -0.3 is 15.0 Å².